The lowest BCUT2D eigenvalue weighted by Crippen LogP contribution is -2.22. The van der Waals surface area contributed by atoms with Gasteiger partial charge in [0, 0.05) is 36.8 Å². The smallest absolute Gasteiger partial charge is 0.216 e. The highest BCUT2D eigenvalue weighted by Crippen LogP contribution is 2.12. The van der Waals surface area contributed by atoms with Gasteiger partial charge >= 0.3 is 0 Å². The molecule has 0 fully saturated rings. The molecule has 16 heavy (non-hydrogen) atoms. The Hall–Kier alpha value is -1.36. The van der Waals surface area contributed by atoms with E-state index >= 15 is 0 Å². The minimum absolute atomic E-state index is 0.00786. The van der Waals surface area contributed by atoms with E-state index in [2.05, 4.69) is 26.2 Å². The molecule has 0 radical (unpaired) electrons. The van der Waals surface area contributed by atoms with E-state index in [1.807, 2.05) is 28.9 Å². The zero-order valence-corrected chi connectivity index (χ0v) is 10.5. The monoisotopic (exact) mass is 281 g/mol. The molecule has 0 unspecified atom stereocenters. The molecule has 0 aliphatic carbocycles. The first-order chi connectivity index (χ1) is 7.65. The van der Waals surface area contributed by atoms with Crippen molar-refractivity contribution < 1.29 is 4.79 Å². The molecule has 0 aliphatic rings. The quantitative estimate of drug-likeness (QED) is 0.932. The lowest BCUT2D eigenvalue weighted by molar-refractivity contribution is -0.118. The van der Waals surface area contributed by atoms with Crippen molar-refractivity contribution in [2.45, 2.75) is 13.3 Å². The van der Waals surface area contributed by atoms with Gasteiger partial charge in [-0.3, -0.25) is 4.79 Å². The third-order valence-corrected chi connectivity index (χ3v) is 2.69. The van der Waals surface area contributed by atoms with Gasteiger partial charge in [0.1, 0.15) is 5.65 Å². The van der Waals surface area contributed by atoms with Gasteiger partial charge in [-0.2, -0.15) is 0 Å². The summed E-state index contributed by atoms with van der Waals surface area (Å²) >= 11 is 3.41. The zero-order chi connectivity index (χ0) is 11.5. The maximum atomic E-state index is 10.7. The maximum absolute atomic E-state index is 10.7. The van der Waals surface area contributed by atoms with Crippen LogP contribution in [0.25, 0.3) is 5.65 Å². The molecule has 5 heteroatoms. The van der Waals surface area contributed by atoms with Crippen LogP contribution in [0.15, 0.2) is 29.0 Å². The van der Waals surface area contributed by atoms with Gasteiger partial charge in [-0.15, -0.1) is 0 Å². The van der Waals surface area contributed by atoms with Gasteiger partial charge in [0.15, 0.2) is 0 Å². The largest absolute Gasteiger partial charge is 0.356 e. The van der Waals surface area contributed by atoms with Crippen LogP contribution in [-0.2, 0) is 11.2 Å². The molecule has 0 bridgehead atoms. The number of carbonyl (C=O) groups excluding carboxylic acids is 1. The van der Waals surface area contributed by atoms with Gasteiger partial charge in [-0.05, 0) is 28.1 Å². The Labute approximate surface area is 102 Å². The molecule has 0 spiro atoms. The van der Waals surface area contributed by atoms with E-state index in [-0.39, 0.29) is 5.91 Å². The molecule has 0 aromatic carbocycles. The lowest BCUT2D eigenvalue weighted by atomic mass is 10.3. The van der Waals surface area contributed by atoms with Crippen LogP contribution in [0, 0.1) is 0 Å². The summed E-state index contributed by atoms with van der Waals surface area (Å²) in [6.45, 7) is 2.14. The summed E-state index contributed by atoms with van der Waals surface area (Å²) in [5, 5.41) is 2.75. The number of rotatable bonds is 3. The molecule has 2 rings (SSSR count). The number of imidazole rings is 1. The van der Waals surface area contributed by atoms with Crippen LogP contribution in [0.1, 0.15) is 12.6 Å². The van der Waals surface area contributed by atoms with Crippen LogP contribution in [0.2, 0.25) is 0 Å². The maximum Gasteiger partial charge on any atom is 0.216 e. The number of hydrogen-bond acceptors (Lipinski definition) is 2. The Kier molecular flexibility index (Phi) is 3.24. The molecule has 2 heterocycles. The second-order valence-corrected chi connectivity index (χ2v) is 4.49. The van der Waals surface area contributed by atoms with Crippen LogP contribution in [0.5, 0.6) is 0 Å². The van der Waals surface area contributed by atoms with Gasteiger partial charge in [0.2, 0.25) is 5.91 Å². The number of nitrogens with zero attached hydrogens (tertiary/aromatic N) is 2. The Morgan fingerprint density at radius 2 is 2.31 bits per heavy atom. The highest BCUT2D eigenvalue weighted by molar-refractivity contribution is 9.10. The molecule has 1 N–H and O–H groups in total. The van der Waals surface area contributed by atoms with Crippen molar-refractivity contribution in [3.63, 3.8) is 0 Å². The highest BCUT2D eigenvalue weighted by Gasteiger charge is 2.01. The fourth-order valence-electron chi connectivity index (χ4n) is 1.50. The number of amides is 1. The number of fused-ring (bicyclic) bond motifs is 1. The van der Waals surface area contributed by atoms with Gasteiger partial charge in [-0.25, -0.2) is 4.98 Å². The molecule has 1 amide bonds. The molecule has 84 valence electrons. The summed E-state index contributed by atoms with van der Waals surface area (Å²) in [6, 6.07) is 3.91. The van der Waals surface area contributed by atoms with E-state index in [9.17, 15) is 4.79 Å². The molecule has 2 aromatic heterocycles. The number of carbonyl (C=O) groups is 1. The van der Waals surface area contributed by atoms with E-state index in [1.165, 1.54) is 6.92 Å². The third-order valence-electron chi connectivity index (χ3n) is 2.22. The topological polar surface area (TPSA) is 46.4 Å². The summed E-state index contributed by atoms with van der Waals surface area (Å²) in [4.78, 5) is 15.1. The molecule has 4 nitrogen and oxygen atoms in total. The Morgan fingerprint density at radius 1 is 1.50 bits per heavy atom. The van der Waals surface area contributed by atoms with Crippen LogP contribution < -0.4 is 5.32 Å². The summed E-state index contributed by atoms with van der Waals surface area (Å²) in [5.41, 5.74) is 1.90. The lowest BCUT2D eigenvalue weighted by Gasteiger charge is -1.97. The molecule has 0 atom stereocenters. The fourth-order valence-corrected chi connectivity index (χ4v) is 1.86. The average molecular weight is 282 g/mol. The van der Waals surface area contributed by atoms with Crippen molar-refractivity contribution >= 4 is 27.5 Å². The van der Waals surface area contributed by atoms with Crippen LogP contribution in [0.4, 0.5) is 0 Å². The number of pyridine rings is 1. The van der Waals surface area contributed by atoms with E-state index in [1.54, 1.807) is 0 Å². The zero-order valence-electron chi connectivity index (χ0n) is 8.90. The van der Waals surface area contributed by atoms with Crippen LogP contribution >= 0.6 is 15.9 Å². The molecular weight excluding hydrogens is 270 g/mol. The van der Waals surface area contributed by atoms with E-state index in [0.717, 1.165) is 22.2 Å². The minimum Gasteiger partial charge on any atom is -0.356 e. The number of nitrogens with one attached hydrogen (secondary N) is 1. The predicted molar refractivity (Wildman–Crippen MR) is 65.3 cm³/mol. The Morgan fingerprint density at radius 3 is 3.06 bits per heavy atom. The molecule has 2 aromatic rings. The number of aromatic nitrogens is 2. The van der Waals surface area contributed by atoms with Crippen molar-refractivity contribution in [1.29, 1.82) is 0 Å². The SMILES string of the molecule is CC(=O)NCCc1cn2cc(Br)ccc2n1. The first kappa shape index (κ1) is 11.1. The Balaban J connectivity index is 2.10. The summed E-state index contributed by atoms with van der Waals surface area (Å²) in [5.74, 6) is -0.00786. The molecule has 0 saturated carbocycles. The van der Waals surface area contributed by atoms with Crippen molar-refractivity contribution in [1.82, 2.24) is 14.7 Å². The first-order valence-electron chi connectivity index (χ1n) is 5.03. The number of hydrogen-bond donors (Lipinski definition) is 1. The van der Waals surface area contributed by atoms with Gasteiger partial charge in [0.25, 0.3) is 0 Å². The average Bonchev–Trinajstić information content (AvgIpc) is 2.58. The van der Waals surface area contributed by atoms with E-state index < -0.39 is 0 Å². The molecule has 0 saturated heterocycles. The van der Waals surface area contributed by atoms with Crippen molar-refractivity contribution in [3.05, 3.63) is 34.7 Å². The molecule has 0 aliphatic heterocycles. The summed E-state index contributed by atoms with van der Waals surface area (Å²) in [7, 11) is 0. The second kappa shape index (κ2) is 4.65. The normalized spacial score (nSPS) is 10.6. The second-order valence-electron chi connectivity index (χ2n) is 3.58. The first-order valence-corrected chi connectivity index (χ1v) is 5.82. The summed E-state index contributed by atoms with van der Waals surface area (Å²) < 4.78 is 2.98. The van der Waals surface area contributed by atoms with E-state index in [4.69, 9.17) is 0 Å². The van der Waals surface area contributed by atoms with Crippen LogP contribution in [-0.4, -0.2) is 21.8 Å². The molecular formula is C11H12BrN3O. The standard InChI is InChI=1S/C11H12BrN3O/c1-8(16)13-5-4-10-7-15-6-9(12)2-3-11(15)14-10/h2-3,6-7H,4-5H2,1H3,(H,13,16). The van der Waals surface area contributed by atoms with Crippen molar-refractivity contribution in [3.8, 4) is 0 Å². The predicted octanol–water partition coefficient (Wildman–Crippen LogP) is 1.78. The summed E-state index contributed by atoms with van der Waals surface area (Å²) in [6.07, 6.45) is 4.69. The number of halogens is 1. The third kappa shape index (κ3) is 2.61. The van der Waals surface area contributed by atoms with Crippen LogP contribution in [0.3, 0.4) is 0 Å². The van der Waals surface area contributed by atoms with Gasteiger partial charge < -0.3 is 9.72 Å². The Bertz CT molecular complexity index is 521. The fraction of sp³-hybridized carbons (Fsp3) is 0.273. The van der Waals surface area contributed by atoms with Crippen molar-refractivity contribution in [2.24, 2.45) is 0 Å². The van der Waals surface area contributed by atoms with Crippen molar-refractivity contribution in [2.75, 3.05) is 6.54 Å². The minimum atomic E-state index is -0.00786. The van der Waals surface area contributed by atoms with E-state index in [0.29, 0.717) is 6.54 Å². The van der Waals surface area contributed by atoms with Gasteiger partial charge in [-0.1, -0.05) is 0 Å². The highest BCUT2D eigenvalue weighted by atomic mass is 79.9. The van der Waals surface area contributed by atoms with Gasteiger partial charge in [0.05, 0.1) is 5.69 Å².